The number of amides is 1. The average molecular weight is 277 g/mol. The van der Waals surface area contributed by atoms with Crippen LogP contribution in [0, 0.1) is 18.3 Å². The van der Waals surface area contributed by atoms with Gasteiger partial charge in [-0.05, 0) is 20.3 Å². The van der Waals surface area contributed by atoms with E-state index in [1.807, 2.05) is 0 Å². The maximum absolute atomic E-state index is 11.9. The van der Waals surface area contributed by atoms with Gasteiger partial charge in [-0.15, -0.1) is 12.3 Å². The summed E-state index contributed by atoms with van der Waals surface area (Å²) in [5, 5.41) is 11.1. The fourth-order valence-electron chi connectivity index (χ4n) is 2.58. The molecule has 0 radical (unpaired) electrons. The molecule has 2 rings (SSSR count). The number of nitrogens with one attached hydrogen (secondary N) is 1. The summed E-state index contributed by atoms with van der Waals surface area (Å²) in [6.07, 6.45) is 8.75. The summed E-state index contributed by atoms with van der Waals surface area (Å²) in [6.45, 7) is 5.61. The molecule has 0 aromatic heterocycles. The van der Waals surface area contributed by atoms with Gasteiger partial charge in [0.05, 0.1) is 5.60 Å². The highest BCUT2D eigenvalue weighted by molar-refractivity contribution is 5.76. The minimum Gasteiger partial charge on any atom is -0.375 e. The predicted molar refractivity (Wildman–Crippen MR) is 76.0 cm³/mol. The highest BCUT2D eigenvalue weighted by Gasteiger charge is 2.39. The molecule has 1 saturated heterocycles. The number of terminal acetylenes is 1. The van der Waals surface area contributed by atoms with Gasteiger partial charge in [0.1, 0.15) is 0 Å². The van der Waals surface area contributed by atoms with Crippen LogP contribution in [0.2, 0.25) is 0 Å². The number of hydrogen-bond donors (Lipinski definition) is 1. The zero-order chi connectivity index (χ0) is 14.6. The van der Waals surface area contributed by atoms with Crippen molar-refractivity contribution in [2.45, 2.75) is 57.2 Å². The first-order valence-corrected chi connectivity index (χ1v) is 7.26. The molecular formula is C15H23N3O2. The Morgan fingerprint density at radius 1 is 1.45 bits per heavy atom. The van der Waals surface area contributed by atoms with Gasteiger partial charge in [0, 0.05) is 44.8 Å². The van der Waals surface area contributed by atoms with Crippen molar-refractivity contribution in [2.24, 2.45) is 16.1 Å². The standard InChI is InChI=1S/C15H23N3O2/c1-4-5-8-15(17-18-15)9-6-13(19)16-11-12-7-10-20-14(12,2)3/h1,12H,5-11H2,2-3H3,(H,16,19). The van der Waals surface area contributed by atoms with Gasteiger partial charge in [0.2, 0.25) is 5.91 Å². The molecule has 0 saturated carbocycles. The maximum atomic E-state index is 11.9. The average Bonchev–Trinajstić information content (AvgIpc) is 3.10. The second-order valence-electron chi connectivity index (χ2n) is 6.13. The van der Waals surface area contributed by atoms with Crippen LogP contribution in [0.4, 0.5) is 0 Å². The molecule has 2 heterocycles. The van der Waals surface area contributed by atoms with Gasteiger partial charge >= 0.3 is 0 Å². The number of carbonyl (C=O) groups is 1. The summed E-state index contributed by atoms with van der Waals surface area (Å²) in [7, 11) is 0. The van der Waals surface area contributed by atoms with E-state index in [2.05, 4.69) is 35.3 Å². The zero-order valence-corrected chi connectivity index (χ0v) is 12.3. The molecule has 2 aliphatic rings. The van der Waals surface area contributed by atoms with Crippen molar-refractivity contribution >= 4 is 5.91 Å². The summed E-state index contributed by atoms with van der Waals surface area (Å²) < 4.78 is 5.65. The van der Waals surface area contributed by atoms with Gasteiger partial charge in [-0.25, -0.2) is 0 Å². The molecule has 0 aliphatic carbocycles. The van der Waals surface area contributed by atoms with Crippen molar-refractivity contribution in [3.05, 3.63) is 0 Å². The van der Waals surface area contributed by atoms with Crippen molar-refractivity contribution in [3.63, 3.8) is 0 Å². The van der Waals surface area contributed by atoms with E-state index in [0.29, 0.717) is 31.7 Å². The van der Waals surface area contributed by atoms with Crippen LogP contribution in [0.3, 0.4) is 0 Å². The third kappa shape index (κ3) is 3.80. The lowest BCUT2D eigenvalue weighted by Crippen LogP contribution is -2.38. The van der Waals surface area contributed by atoms with Crippen LogP contribution in [0.5, 0.6) is 0 Å². The SMILES string of the molecule is C#CCCC1(CCC(=O)NCC2CCOC2(C)C)N=N1. The summed E-state index contributed by atoms with van der Waals surface area (Å²) in [6, 6.07) is 0. The molecule has 0 spiro atoms. The summed E-state index contributed by atoms with van der Waals surface area (Å²) in [5.41, 5.74) is -0.498. The molecule has 1 amide bonds. The van der Waals surface area contributed by atoms with E-state index in [4.69, 9.17) is 11.2 Å². The first kappa shape index (κ1) is 15.0. The maximum Gasteiger partial charge on any atom is 0.220 e. The molecule has 0 aromatic carbocycles. The fraction of sp³-hybridized carbons (Fsp3) is 0.800. The van der Waals surface area contributed by atoms with Crippen LogP contribution in [-0.4, -0.2) is 30.3 Å². The number of nitrogens with zero attached hydrogens (tertiary/aromatic N) is 2. The van der Waals surface area contributed by atoms with Crippen LogP contribution in [0.25, 0.3) is 0 Å². The number of carbonyl (C=O) groups excluding carboxylic acids is 1. The minimum atomic E-state index is -0.362. The highest BCUT2D eigenvalue weighted by atomic mass is 16.5. The van der Waals surface area contributed by atoms with Crippen molar-refractivity contribution in [2.75, 3.05) is 13.2 Å². The van der Waals surface area contributed by atoms with Crippen LogP contribution < -0.4 is 5.32 Å². The third-order valence-corrected chi connectivity index (χ3v) is 4.27. The number of ether oxygens (including phenoxy) is 1. The summed E-state index contributed by atoms with van der Waals surface area (Å²) >= 11 is 0. The monoisotopic (exact) mass is 277 g/mol. The van der Waals surface area contributed by atoms with Crippen molar-refractivity contribution in [1.29, 1.82) is 0 Å². The second kappa shape index (κ2) is 5.92. The Bertz CT molecular complexity index is 431. The molecule has 1 unspecified atom stereocenters. The minimum absolute atomic E-state index is 0.0603. The molecule has 20 heavy (non-hydrogen) atoms. The molecule has 5 nitrogen and oxygen atoms in total. The number of rotatable bonds is 7. The van der Waals surface area contributed by atoms with Crippen LogP contribution in [0.15, 0.2) is 10.2 Å². The Labute approximate surface area is 120 Å². The smallest absolute Gasteiger partial charge is 0.220 e. The van der Waals surface area contributed by atoms with E-state index in [0.717, 1.165) is 19.4 Å². The van der Waals surface area contributed by atoms with E-state index in [1.165, 1.54) is 0 Å². The first-order chi connectivity index (χ1) is 9.47. The first-order valence-electron chi connectivity index (χ1n) is 7.26. The van der Waals surface area contributed by atoms with Gasteiger partial charge in [0.15, 0.2) is 5.66 Å². The van der Waals surface area contributed by atoms with Crippen molar-refractivity contribution in [3.8, 4) is 12.3 Å². The molecule has 1 N–H and O–H groups in total. The Morgan fingerprint density at radius 3 is 2.75 bits per heavy atom. The van der Waals surface area contributed by atoms with Gasteiger partial charge in [0.25, 0.3) is 0 Å². The lowest BCUT2D eigenvalue weighted by molar-refractivity contribution is -0.121. The Morgan fingerprint density at radius 2 is 2.20 bits per heavy atom. The van der Waals surface area contributed by atoms with E-state index in [9.17, 15) is 4.79 Å². The van der Waals surface area contributed by atoms with E-state index in [-0.39, 0.29) is 17.2 Å². The molecule has 1 fully saturated rings. The Balaban J connectivity index is 1.65. The molecule has 1 atom stereocenters. The van der Waals surface area contributed by atoms with Crippen LogP contribution in [-0.2, 0) is 9.53 Å². The molecule has 5 heteroatoms. The quantitative estimate of drug-likeness (QED) is 0.726. The third-order valence-electron chi connectivity index (χ3n) is 4.27. The lowest BCUT2D eigenvalue weighted by atomic mass is 9.91. The Hall–Kier alpha value is -1.41. The van der Waals surface area contributed by atoms with E-state index >= 15 is 0 Å². The summed E-state index contributed by atoms with van der Waals surface area (Å²) in [4.78, 5) is 11.9. The normalized spacial score (nSPS) is 25.1. The van der Waals surface area contributed by atoms with Gasteiger partial charge < -0.3 is 10.1 Å². The van der Waals surface area contributed by atoms with Gasteiger partial charge in [-0.3, -0.25) is 4.79 Å². The van der Waals surface area contributed by atoms with Crippen molar-refractivity contribution < 1.29 is 9.53 Å². The zero-order valence-electron chi connectivity index (χ0n) is 12.3. The molecule has 2 aliphatic heterocycles. The topological polar surface area (TPSA) is 63.0 Å². The molecule has 110 valence electrons. The number of hydrogen-bond acceptors (Lipinski definition) is 4. The molecule has 0 aromatic rings. The van der Waals surface area contributed by atoms with E-state index < -0.39 is 0 Å². The summed E-state index contributed by atoms with van der Waals surface area (Å²) in [5.74, 6) is 3.03. The Kier molecular flexibility index (Phi) is 4.44. The second-order valence-corrected chi connectivity index (χ2v) is 6.13. The van der Waals surface area contributed by atoms with Gasteiger partial charge in [-0.1, -0.05) is 0 Å². The predicted octanol–water partition coefficient (Wildman–Crippen LogP) is 2.27. The molecular weight excluding hydrogens is 254 g/mol. The highest BCUT2D eigenvalue weighted by Crippen LogP contribution is 2.37. The molecule has 0 bridgehead atoms. The largest absolute Gasteiger partial charge is 0.375 e. The fourth-order valence-corrected chi connectivity index (χ4v) is 2.58. The lowest BCUT2D eigenvalue weighted by Gasteiger charge is -2.25. The van der Waals surface area contributed by atoms with Crippen LogP contribution >= 0.6 is 0 Å². The van der Waals surface area contributed by atoms with Crippen LogP contribution in [0.1, 0.15) is 46.0 Å². The van der Waals surface area contributed by atoms with E-state index in [1.54, 1.807) is 0 Å². The van der Waals surface area contributed by atoms with Gasteiger partial charge in [-0.2, -0.15) is 10.2 Å². The van der Waals surface area contributed by atoms with Crippen molar-refractivity contribution in [1.82, 2.24) is 5.32 Å².